The highest BCUT2D eigenvalue weighted by atomic mass is 19.3. The van der Waals surface area contributed by atoms with Crippen LogP contribution in [-0.4, -0.2) is 19.6 Å². The van der Waals surface area contributed by atoms with E-state index < -0.39 is 5.92 Å². The fraction of sp³-hybridized carbons (Fsp3) is 0.600. The second-order valence-corrected chi connectivity index (χ2v) is 1.83. The van der Waals surface area contributed by atoms with Gasteiger partial charge < -0.3 is 10.1 Å². The Morgan fingerprint density at radius 2 is 2.44 bits per heavy atom. The molecule has 1 heterocycles. The maximum absolute atomic E-state index is 12.2. The van der Waals surface area contributed by atoms with E-state index in [1.807, 2.05) is 0 Å². The third-order valence-corrected chi connectivity index (χ3v) is 1.06. The third-order valence-electron chi connectivity index (χ3n) is 1.06. The number of halogens is 2. The smallest absolute Gasteiger partial charge is 0.288 e. The van der Waals surface area contributed by atoms with Crippen molar-refractivity contribution < 1.29 is 13.5 Å². The molecule has 4 heteroatoms. The van der Waals surface area contributed by atoms with Crippen molar-refractivity contribution in [1.82, 2.24) is 5.32 Å². The first-order valence-corrected chi connectivity index (χ1v) is 2.52. The molecule has 0 spiro atoms. The molecule has 1 N–H and O–H groups in total. The lowest BCUT2D eigenvalue weighted by Crippen LogP contribution is -2.21. The van der Waals surface area contributed by atoms with Crippen LogP contribution in [0.25, 0.3) is 0 Å². The zero-order valence-corrected chi connectivity index (χ0v) is 4.95. The molecular formula is C5H7F2NO. The molecule has 1 aliphatic rings. The van der Waals surface area contributed by atoms with Gasteiger partial charge in [0, 0.05) is 6.08 Å². The van der Waals surface area contributed by atoms with E-state index in [0.29, 0.717) is 0 Å². The zero-order chi connectivity index (χ0) is 6.91. The van der Waals surface area contributed by atoms with Gasteiger partial charge in [-0.2, -0.15) is 8.78 Å². The first kappa shape index (κ1) is 6.32. The summed E-state index contributed by atoms with van der Waals surface area (Å²) in [6.07, 6.45) is 0.771. The lowest BCUT2D eigenvalue weighted by Gasteiger charge is -2.00. The highest BCUT2D eigenvalue weighted by Gasteiger charge is 2.32. The summed E-state index contributed by atoms with van der Waals surface area (Å²) >= 11 is 0. The molecule has 0 bridgehead atoms. The molecule has 0 aromatic carbocycles. The van der Waals surface area contributed by atoms with E-state index in [2.05, 4.69) is 10.1 Å². The average Bonchev–Trinajstić information content (AvgIpc) is 2.10. The van der Waals surface area contributed by atoms with Crippen LogP contribution in [0.3, 0.4) is 0 Å². The maximum Gasteiger partial charge on any atom is 0.288 e. The first-order chi connectivity index (χ1) is 4.14. The monoisotopic (exact) mass is 135 g/mol. The Morgan fingerprint density at radius 1 is 1.78 bits per heavy atom. The van der Waals surface area contributed by atoms with E-state index in [4.69, 9.17) is 0 Å². The first-order valence-electron chi connectivity index (χ1n) is 2.52. The van der Waals surface area contributed by atoms with Gasteiger partial charge in [-0.25, -0.2) is 0 Å². The van der Waals surface area contributed by atoms with Gasteiger partial charge in [0.1, 0.15) is 0 Å². The number of rotatable bonds is 1. The van der Waals surface area contributed by atoms with Crippen LogP contribution in [0.1, 0.15) is 0 Å². The predicted octanol–water partition coefficient (Wildman–Crippen LogP) is 0.713. The molecule has 0 atom stereocenters. The van der Waals surface area contributed by atoms with E-state index in [-0.39, 0.29) is 12.4 Å². The molecule has 0 aliphatic carbocycles. The Labute approximate surface area is 51.5 Å². The normalized spacial score (nSPS) is 22.8. The Hall–Kier alpha value is -0.800. The molecule has 0 fully saturated rings. The summed E-state index contributed by atoms with van der Waals surface area (Å²) in [6, 6.07) is 0. The van der Waals surface area contributed by atoms with Crippen LogP contribution in [-0.2, 0) is 4.74 Å². The van der Waals surface area contributed by atoms with Gasteiger partial charge in [0.25, 0.3) is 5.92 Å². The van der Waals surface area contributed by atoms with E-state index >= 15 is 0 Å². The molecule has 0 radical (unpaired) electrons. The molecule has 2 nitrogen and oxygen atoms in total. The highest BCUT2D eigenvalue weighted by Crippen LogP contribution is 2.20. The molecule has 1 rings (SSSR count). The minimum absolute atomic E-state index is 0.153. The zero-order valence-electron chi connectivity index (χ0n) is 4.95. The number of alkyl halides is 2. The van der Waals surface area contributed by atoms with E-state index in [9.17, 15) is 8.78 Å². The van der Waals surface area contributed by atoms with Crippen LogP contribution < -0.4 is 5.32 Å². The average molecular weight is 135 g/mol. The largest absolute Gasteiger partial charge is 0.483 e. The second-order valence-electron chi connectivity index (χ2n) is 1.83. The Kier molecular flexibility index (Phi) is 1.31. The lowest BCUT2D eigenvalue weighted by atomic mass is 10.4. The molecule has 0 unspecified atom stereocenters. The maximum atomic E-state index is 12.2. The summed E-state index contributed by atoms with van der Waals surface area (Å²) in [7, 11) is 1.35. The topological polar surface area (TPSA) is 21.3 Å². The highest BCUT2D eigenvalue weighted by molar-refractivity contribution is 5.08. The van der Waals surface area contributed by atoms with Crippen LogP contribution >= 0.6 is 0 Å². The van der Waals surface area contributed by atoms with Crippen molar-refractivity contribution in [2.45, 2.75) is 5.92 Å². The predicted molar refractivity (Wildman–Crippen MR) is 28.0 cm³/mol. The fourth-order valence-electron chi connectivity index (χ4n) is 0.630. The Balaban J connectivity index is 2.61. The molecule has 9 heavy (non-hydrogen) atoms. The van der Waals surface area contributed by atoms with Gasteiger partial charge in [-0.3, -0.25) is 0 Å². The Bertz CT molecular complexity index is 144. The van der Waals surface area contributed by atoms with Crippen LogP contribution in [0.15, 0.2) is 12.0 Å². The van der Waals surface area contributed by atoms with Crippen molar-refractivity contribution in [2.75, 3.05) is 13.7 Å². The van der Waals surface area contributed by atoms with Gasteiger partial charge in [-0.1, -0.05) is 0 Å². The summed E-state index contributed by atoms with van der Waals surface area (Å²) in [4.78, 5) is 0. The minimum Gasteiger partial charge on any atom is -0.483 e. The molecule has 0 saturated carbocycles. The summed E-state index contributed by atoms with van der Waals surface area (Å²) < 4.78 is 28.8. The molecule has 0 aromatic rings. The van der Waals surface area contributed by atoms with Crippen molar-refractivity contribution in [3.63, 3.8) is 0 Å². The van der Waals surface area contributed by atoms with E-state index in [1.54, 1.807) is 0 Å². The summed E-state index contributed by atoms with van der Waals surface area (Å²) in [5.41, 5.74) is 0. The molecular weight excluding hydrogens is 128 g/mol. The summed E-state index contributed by atoms with van der Waals surface area (Å²) in [5, 5.41) is 2.39. The fourth-order valence-corrected chi connectivity index (χ4v) is 0.630. The van der Waals surface area contributed by atoms with Gasteiger partial charge in [-0.05, 0) is 0 Å². The van der Waals surface area contributed by atoms with Crippen molar-refractivity contribution in [3.05, 3.63) is 12.0 Å². The quantitative estimate of drug-likeness (QED) is 0.571. The Morgan fingerprint density at radius 3 is 2.67 bits per heavy atom. The second kappa shape index (κ2) is 1.86. The minimum atomic E-state index is -2.73. The van der Waals surface area contributed by atoms with E-state index in [0.717, 1.165) is 6.08 Å². The van der Waals surface area contributed by atoms with Crippen LogP contribution in [0, 0.1) is 0 Å². The van der Waals surface area contributed by atoms with Gasteiger partial charge in [0.2, 0.25) is 0 Å². The number of nitrogens with one attached hydrogen (secondary N) is 1. The number of hydrogen-bond donors (Lipinski definition) is 1. The van der Waals surface area contributed by atoms with Crippen molar-refractivity contribution in [2.24, 2.45) is 0 Å². The molecule has 0 saturated heterocycles. The van der Waals surface area contributed by atoms with Crippen LogP contribution in [0.5, 0.6) is 0 Å². The molecule has 0 aromatic heterocycles. The number of methoxy groups -OCH3 is 1. The SMILES string of the molecule is COC1=CC(F)(F)CN1. The van der Waals surface area contributed by atoms with Crippen LogP contribution in [0.2, 0.25) is 0 Å². The number of hydrogen-bond acceptors (Lipinski definition) is 2. The lowest BCUT2D eigenvalue weighted by molar-refractivity contribution is 0.0685. The van der Waals surface area contributed by atoms with Gasteiger partial charge in [-0.15, -0.1) is 0 Å². The van der Waals surface area contributed by atoms with Gasteiger partial charge >= 0.3 is 0 Å². The van der Waals surface area contributed by atoms with Crippen LogP contribution in [0.4, 0.5) is 8.78 Å². The van der Waals surface area contributed by atoms with Gasteiger partial charge in [0.15, 0.2) is 5.88 Å². The van der Waals surface area contributed by atoms with Gasteiger partial charge in [0.05, 0.1) is 13.7 Å². The molecule has 0 amide bonds. The third kappa shape index (κ3) is 1.31. The van der Waals surface area contributed by atoms with Crippen molar-refractivity contribution >= 4 is 0 Å². The number of ether oxygens (including phenoxy) is 1. The van der Waals surface area contributed by atoms with Crippen molar-refractivity contribution in [1.29, 1.82) is 0 Å². The molecule has 52 valence electrons. The summed E-state index contributed by atoms with van der Waals surface area (Å²) in [5.74, 6) is -2.58. The summed E-state index contributed by atoms with van der Waals surface area (Å²) in [6.45, 7) is -0.351. The van der Waals surface area contributed by atoms with E-state index in [1.165, 1.54) is 7.11 Å². The molecule has 1 aliphatic heterocycles. The standard InChI is InChI=1S/C5H7F2NO/c1-9-4-2-5(6,7)3-8-4/h2,8H,3H2,1H3. The van der Waals surface area contributed by atoms with Crippen molar-refractivity contribution in [3.8, 4) is 0 Å².